The van der Waals surface area contributed by atoms with Crippen LogP contribution in [-0.2, 0) is 0 Å². The van der Waals surface area contributed by atoms with Crippen LogP contribution in [0.3, 0.4) is 0 Å². The van der Waals surface area contributed by atoms with Crippen molar-refractivity contribution >= 4 is 46.7 Å². The van der Waals surface area contributed by atoms with Crippen LogP contribution in [0.1, 0.15) is 0 Å². The van der Waals surface area contributed by atoms with Crippen LogP contribution in [0.4, 0.5) is 5.13 Å². The number of nitrogen functional groups attached to an aromatic ring is 1. The van der Waals surface area contributed by atoms with Crippen LogP contribution >= 0.6 is 41.6 Å². The number of nitrogens with two attached hydrogens (primary N) is 1. The van der Waals surface area contributed by atoms with Gasteiger partial charge in [-0.3, -0.25) is 0 Å². The second-order valence-electron chi connectivity index (χ2n) is 1.19. The van der Waals surface area contributed by atoms with Crippen molar-refractivity contribution in [2.75, 3.05) is 5.73 Å². The first-order valence-corrected chi connectivity index (χ1v) is 10.5. The van der Waals surface area contributed by atoms with E-state index >= 15 is 0 Å². The summed E-state index contributed by atoms with van der Waals surface area (Å²) < 4.78 is 1.76. The minimum absolute atomic E-state index is 0.0342. The van der Waals surface area contributed by atoms with Crippen molar-refractivity contribution in [1.82, 2.24) is 4.98 Å². The zero-order chi connectivity index (χ0) is 6.85. The summed E-state index contributed by atoms with van der Waals surface area (Å²) in [6, 6.07) is 0. The van der Waals surface area contributed by atoms with Crippen molar-refractivity contribution in [3.8, 4) is 0 Å². The molecule has 1 heterocycles. The van der Waals surface area contributed by atoms with Gasteiger partial charge in [0.25, 0.3) is 0 Å². The molecule has 0 amide bonds. The SMILES string of the molecule is Nc1nc([I-]I)c(Cl)s1. The van der Waals surface area contributed by atoms with E-state index < -0.39 is 0 Å². The fourth-order valence-corrected chi connectivity index (χ4v) is 6.29. The van der Waals surface area contributed by atoms with Crippen molar-refractivity contribution in [3.05, 3.63) is 8.04 Å². The molecule has 1 aromatic heterocycles. The number of hydrogen-bond acceptors (Lipinski definition) is 3. The zero-order valence-corrected chi connectivity index (χ0v) is 9.95. The molecule has 0 fully saturated rings. The number of nitrogens with zero attached hydrogens (tertiary/aromatic N) is 1. The summed E-state index contributed by atoms with van der Waals surface area (Å²) in [5.74, 6) is 0. The fraction of sp³-hybridized carbons (Fsp3) is 0. The van der Waals surface area contributed by atoms with Gasteiger partial charge < -0.3 is 0 Å². The fourth-order valence-electron chi connectivity index (χ4n) is 0.341. The van der Waals surface area contributed by atoms with Crippen LogP contribution in [0.2, 0.25) is 4.34 Å². The van der Waals surface area contributed by atoms with Crippen molar-refractivity contribution in [1.29, 1.82) is 0 Å². The number of thiazole rings is 1. The van der Waals surface area contributed by atoms with Gasteiger partial charge in [-0.15, -0.1) is 0 Å². The Morgan fingerprint density at radius 3 is 2.67 bits per heavy atom. The van der Waals surface area contributed by atoms with Crippen molar-refractivity contribution in [2.24, 2.45) is 0 Å². The van der Waals surface area contributed by atoms with Gasteiger partial charge in [-0.05, 0) is 0 Å². The topological polar surface area (TPSA) is 38.9 Å². The maximum absolute atomic E-state index is 5.74. The standard InChI is InChI=1S/C3H2ClI2N2S/c4-1-2(6-5)8-3(7)9-1/h(H2,7,8)/q-1. The number of anilines is 1. The maximum atomic E-state index is 5.74. The molecule has 0 aliphatic heterocycles. The van der Waals surface area contributed by atoms with E-state index in [9.17, 15) is 0 Å². The third-order valence-electron chi connectivity index (χ3n) is 0.632. The normalized spacial score (nSPS) is 10.4. The molecule has 0 bridgehead atoms. The summed E-state index contributed by atoms with van der Waals surface area (Å²) in [5, 5.41) is 0.575. The van der Waals surface area contributed by atoms with Gasteiger partial charge >= 0.3 is 82.7 Å². The molecule has 1 aromatic rings. The van der Waals surface area contributed by atoms with Gasteiger partial charge in [-0.2, -0.15) is 0 Å². The van der Waals surface area contributed by atoms with E-state index in [1.54, 1.807) is 0 Å². The van der Waals surface area contributed by atoms with Gasteiger partial charge in [0, 0.05) is 0 Å². The van der Waals surface area contributed by atoms with Crippen LogP contribution in [-0.4, -0.2) is 4.98 Å². The van der Waals surface area contributed by atoms with Crippen LogP contribution in [0.25, 0.3) is 0 Å². The van der Waals surface area contributed by atoms with E-state index in [2.05, 4.69) is 23.6 Å². The summed E-state index contributed by atoms with van der Waals surface area (Å²) in [7, 11) is 0. The zero-order valence-electron chi connectivity index (χ0n) is 4.07. The Kier molecular flexibility index (Phi) is 3.25. The number of rotatable bonds is 1. The minimum atomic E-state index is -0.0342. The molecule has 6 heteroatoms. The summed E-state index contributed by atoms with van der Waals surface area (Å²) in [6.45, 7) is 0. The first-order chi connectivity index (χ1) is 4.24. The molecular formula is C3H2ClI2N2S-. The van der Waals surface area contributed by atoms with E-state index in [4.69, 9.17) is 17.3 Å². The summed E-state index contributed by atoms with van der Waals surface area (Å²) in [4.78, 5) is 4.03. The molecule has 0 aliphatic carbocycles. The van der Waals surface area contributed by atoms with Gasteiger partial charge in [0.05, 0.1) is 0 Å². The molecule has 0 aromatic carbocycles. The monoisotopic (exact) mass is 387 g/mol. The van der Waals surface area contributed by atoms with Gasteiger partial charge in [0.1, 0.15) is 0 Å². The van der Waals surface area contributed by atoms with E-state index in [1.165, 1.54) is 11.3 Å². The van der Waals surface area contributed by atoms with Crippen LogP contribution < -0.4 is 23.0 Å². The molecule has 2 N–H and O–H groups in total. The molecular weight excluding hydrogens is 385 g/mol. The molecule has 0 aliphatic rings. The molecule has 2 nitrogen and oxygen atoms in total. The van der Waals surface area contributed by atoms with Crippen molar-refractivity contribution in [2.45, 2.75) is 0 Å². The van der Waals surface area contributed by atoms with Crippen molar-refractivity contribution in [3.63, 3.8) is 0 Å². The predicted molar refractivity (Wildman–Crippen MR) is 44.3 cm³/mol. The summed E-state index contributed by atoms with van der Waals surface area (Å²) in [5.41, 5.74) is 5.39. The Morgan fingerprint density at radius 2 is 2.44 bits per heavy atom. The van der Waals surface area contributed by atoms with Gasteiger partial charge in [-0.25, -0.2) is 0 Å². The molecule has 0 saturated carbocycles. The van der Waals surface area contributed by atoms with E-state index in [0.29, 0.717) is 5.13 Å². The molecule has 52 valence electrons. The van der Waals surface area contributed by atoms with Gasteiger partial charge in [0.2, 0.25) is 0 Å². The molecule has 9 heavy (non-hydrogen) atoms. The average molecular weight is 387 g/mol. The Bertz CT molecular complexity index is 214. The van der Waals surface area contributed by atoms with E-state index in [1.807, 2.05) is 0 Å². The summed E-state index contributed by atoms with van der Waals surface area (Å²) in [6.07, 6.45) is 0. The van der Waals surface area contributed by atoms with Gasteiger partial charge in [-0.1, -0.05) is 0 Å². The van der Waals surface area contributed by atoms with Crippen LogP contribution in [0, 0.1) is 3.70 Å². The second kappa shape index (κ2) is 3.54. The predicted octanol–water partition coefficient (Wildman–Crippen LogP) is -1.01. The van der Waals surface area contributed by atoms with Crippen LogP contribution in [0.5, 0.6) is 0 Å². The molecule has 0 atom stereocenters. The quantitative estimate of drug-likeness (QED) is 0.628. The molecule has 0 unspecified atom stereocenters. The second-order valence-corrected chi connectivity index (χ2v) is 6.99. The third kappa shape index (κ3) is 2.05. The third-order valence-corrected chi connectivity index (χ3v) is 6.16. The number of aromatic nitrogens is 1. The molecule has 0 saturated heterocycles. The average Bonchev–Trinajstić information content (AvgIpc) is 2.10. The number of hydrogen-bond donors (Lipinski definition) is 1. The summed E-state index contributed by atoms with van der Waals surface area (Å²) >= 11 is 9.36. The Labute approximate surface area is 81.6 Å². The first kappa shape index (κ1) is 8.28. The van der Waals surface area contributed by atoms with Crippen LogP contribution in [0.15, 0.2) is 0 Å². The van der Waals surface area contributed by atoms with Crippen molar-refractivity contribution < 1.29 is 17.2 Å². The Hall–Kier alpha value is 1.18. The molecule has 0 radical (unpaired) electrons. The van der Waals surface area contributed by atoms with E-state index in [0.717, 1.165) is 8.04 Å². The Balaban J connectivity index is 3.01. The first-order valence-electron chi connectivity index (χ1n) is 1.91. The Morgan fingerprint density at radius 1 is 1.78 bits per heavy atom. The molecule has 0 spiro atoms. The van der Waals surface area contributed by atoms with Gasteiger partial charge in [0.15, 0.2) is 0 Å². The molecule has 1 rings (SSSR count). The number of halogens is 3. The van der Waals surface area contributed by atoms with E-state index in [-0.39, 0.29) is 17.2 Å².